The Hall–Kier alpha value is -2.33. The van der Waals surface area contributed by atoms with Crippen LogP contribution in [0.4, 0.5) is 5.69 Å². The third-order valence-electron chi connectivity index (χ3n) is 5.76. The van der Waals surface area contributed by atoms with E-state index < -0.39 is 0 Å². The van der Waals surface area contributed by atoms with Crippen molar-refractivity contribution in [3.8, 4) is 5.75 Å². The molecule has 26 heavy (non-hydrogen) atoms. The molecule has 0 saturated carbocycles. The van der Waals surface area contributed by atoms with Gasteiger partial charge in [-0.3, -0.25) is 10.1 Å². The van der Waals surface area contributed by atoms with Gasteiger partial charge in [-0.1, -0.05) is 45.0 Å². The molecular weight excluding hydrogens is 324 g/mol. The number of hydrogen-bond donors (Lipinski definition) is 2. The minimum absolute atomic E-state index is 0.0599. The first-order chi connectivity index (χ1) is 12.5. The summed E-state index contributed by atoms with van der Waals surface area (Å²) in [6, 6.07) is 14.1. The molecule has 2 aromatic carbocycles. The van der Waals surface area contributed by atoms with Gasteiger partial charge in [-0.15, -0.1) is 0 Å². The molecule has 0 aliphatic carbocycles. The first-order valence-electron chi connectivity index (χ1n) is 9.40. The Morgan fingerprint density at radius 3 is 2.73 bits per heavy atom. The molecule has 2 aliphatic rings. The zero-order chi connectivity index (χ0) is 18.3. The fourth-order valence-electron chi connectivity index (χ4n) is 4.04. The Morgan fingerprint density at radius 2 is 2.00 bits per heavy atom. The van der Waals surface area contributed by atoms with Crippen molar-refractivity contribution in [3.63, 3.8) is 0 Å². The summed E-state index contributed by atoms with van der Waals surface area (Å²) in [5.74, 6) is 0.897. The monoisotopic (exact) mass is 350 g/mol. The summed E-state index contributed by atoms with van der Waals surface area (Å²) in [5.41, 5.74) is 4.69. The van der Waals surface area contributed by atoms with Crippen LogP contribution in [0.3, 0.4) is 0 Å². The molecule has 0 spiro atoms. The zero-order valence-electron chi connectivity index (χ0n) is 15.6. The first kappa shape index (κ1) is 17.1. The van der Waals surface area contributed by atoms with Crippen LogP contribution in [0.5, 0.6) is 5.75 Å². The normalized spacial score (nSPS) is 23.5. The lowest BCUT2D eigenvalue weighted by Gasteiger charge is -2.23. The molecule has 2 heterocycles. The molecule has 1 unspecified atom stereocenters. The first-order valence-corrected chi connectivity index (χ1v) is 9.40. The van der Waals surface area contributed by atoms with E-state index in [1.165, 1.54) is 11.1 Å². The van der Waals surface area contributed by atoms with Crippen molar-refractivity contribution >= 4 is 11.7 Å². The van der Waals surface area contributed by atoms with E-state index in [1.54, 1.807) is 0 Å². The quantitative estimate of drug-likeness (QED) is 0.647. The maximum absolute atomic E-state index is 12.4. The number of carbonyl (C=O) groups is 1. The van der Waals surface area contributed by atoms with Crippen LogP contribution in [-0.2, 0) is 16.6 Å². The van der Waals surface area contributed by atoms with E-state index in [9.17, 15) is 4.79 Å². The van der Waals surface area contributed by atoms with Crippen molar-refractivity contribution in [2.45, 2.75) is 51.1 Å². The van der Waals surface area contributed by atoms with Gasteiger partial charge in [-0.25, -0.2) is 0 Å². The van der Waals surface area contributed by atoms with Gasteiger partial charge in [0.2, 0.25) is 0 Å². The molecule has 4 nitrogen and oxygen atoms in total. The van der Waals surface area contributed by atoms with Crippen LogP contribution in [-0.4, -0.2) is 18.7 Å². The molecule has 1 saturated heterocycles. The minimum Gasteiger partial charge on any atom is -0.426 e. The molecule has 0 radical (unpaired) electrons. The second kappa shape index (κ2) is 6.44. The fourth-order valence-corrected chi connectivity index (χ4v) is 4.04. The number of carbonyl (C=O) groups excluding carboxylic acids is 1. The molecule has 2 aromatic rings. The SMILES string of the molecule is CC(C)c1ccc(CC(=O)Oc2ccc3c(c2)[C@]2(C)CCNC2N3)cc1. The molecule has 0 aromatic heterocycles. The zero-order valence-corrected chi connectivity index (χ0v) is 15.6. The van der Waals surface area contributed by atoms with Crippen molar-refractivity contribution in [2.75, 3.05) is 11.9 Å². The number of nitrogens with one attached hydrogen (secondary N) is 2. The number of anilines is 1. The number of esters is 1. The number of hydrogen-bond acceptors (Lipinski definition) is 4. The van der Waals surface area contributed by atoms with E-state index >= 15 is 0 Å². The van der Waals surface area contributed by atoms with Crippen molar-refractivity contribution in [1.82, 2.24) is 5.32 Å². The highest BCUT2D eigenvalue weighted by molar-refractivity contribution is 5.76. The molecule has 2 atom stereocenters. The Morgan fingerprint density at radius 1 is 1.23 bits per heavy atom. The van der Waals surface area contributed by atoms with Gasteiger partial charge in [0.1, 0.15) is 5.75 Å². The maximum Gasteiger partial charge on any atom is 0.315 e. The van der Waals surface area contributed by atoms with Crippen molar-refractivity contribution in [2.24, 2.45) is 0 Å². The summed E-state index contributed by atoms with van der Waals surface area (Å²) in [6.45, 7) is 7.59. The minimum atomic E-state index is -0.223. The van der Waals surface area contributed by atoms with Crippen LogP contribution in [0.15, 0.2) is 42.5 Å². The maximum atomic E-state index is 12.4. The smallest absolute Gasteiger partial charge is 0.315 e. The lowest BCUT2D eigenvalue weighted by molar-refractivity contribution is -0.133. The van der Waals surface area contributed by atoms with Crippen LogP contribution in [0.25, 0.3) is 0 Å². The summed E-state index contributed by atoms with van der Waals surface area (Å²) in [4.78, 5) is 12.4. The van der Waals surface area contributed by atoms with E-state index in [1.807, 2.05) is 30.3 Å². The summed E-state index contributed by atoms with van der Waals surface area (Å²) in [5, 5.41) is 7.01. The second-order valence-corrected chi connectivity index (χ2v) is 7.95. The van der Waals surface area contributed by atoms with E-state index in [0.29, 0.717) is 11.7 Å². The van der Waals surface area contributed by atoms with Gasteiger partial charge in [-0.2, -0.15) is 0 Å². The number of benzene rings is 2. The van der Waals surface area contributed by atoms with Gasteiger partial charge >= 0.3 is 5.97 Å². The Balaban J connectivity index is 1.45. The van der Waals surface area contributed by atoms with Crippen LogP contribution in [0.1, 0.15) is 49.8 Å². The molecule has 4 rings (SSSR count). The molecule has 2 N–H and O–H groups in total. The van der Waals surface area contributed by atoms with Crippen LogP contribution >= 0.6 is 0 Å². The van der Waals surface area contributed by atoms with Crippen LogP contribution < -0.4 is 15.4 Å². The highest BCUT2D eigenvalue weighted by Crippen LogP contribution is 2.46. The van der Waals surface area contributed by atoms with Crippen molar-refractivity contribution in [1.29, 1.82) is 0 Å². The Kier molecular flexibility index (Phi) is 4.23. The highest BCUT2D eigenvalue weighted by atomic mass is 16.5. The fraction of sp³-hybridized carbons (Fsp3) is 0.409. The molecule has 2 aliphatic heterocycles. The third kappa shape index (κ3) is 2.99. The van der Waals surface area contributed by atoms with Crippen LogP contribution in [0, 0.1) is 0 Å². The van der Waals surface area contributed by atoms with Crippen molar-refractivity contribution < 1.29 is 9.53 Å². The lowest BCUT2D eigenvalue weighted by Crippen LogP contribution is -2.38. The summed E-state index contributed by atoms with van der Waals surface area (Å²) >= 11 is 0. The van der Waals surface area contributed by atoms with E-state index in [0.717, 1.165) is 24.2 Å². The lowest BCUT2D eigenvalue weighted by atomic mass is 9.81. The van der Waals surface area contributed by atoms with E-state index in [4.69, 9.17) is 4.74 Å². The topological polar surface area (TPSA) is 50.4 Å². The Bertz CT molecular complexity index is 829. The molecular formula is C22H26N2O2. The summed E-state index contributed by atoms with van der Waals surface area (Å²) in [7, 11) is 0. The predicted molar refractivity (Wildman–Crippen MR) is 104 cm³/mol. The van der Waals surface area contributed by atoms with Crippen molar-refractivity contribution in [3.05, 3.63) is 59.2 Å². The van der Waals surface area contributed by atoms with Gasteiger partial charge in [0.05, 0.1) is 12.6 Å². The van der Waals surface area contributed by atoms with E-state index in [-0.39, 0.29) is 24.0 Å². The van der Waals surface area contributed by atoms with Gasteiger partial charge in [0, 0.05) is 11.1 Å². The van der Waals surface area contributed by atoms with Gasteiger partial charge in [0.25, 0.3) is 0 Å². The predicted octanol–water partition coefficient (Wildman–Crippen LogP) is 3.96. The second-order valence-electron chi connectivity index (χ2n) is 7.95. The Labute approximate surface area is 155 Å². The molecule has 1 fully saturated rings. The average molecular weight is 350 g/mol. The third-order valence-corrected chi connectivity index (χ3v) is 5.76. The number of rotatable bonds is 4. The molecule has 4 heteroatoms. The summed E-state index contributed by atoms with van der Waals surface area (Å²) in [6.07, 6.45) is 1.63. The molecule has 0 bridgehead atoms. The number of ether oxygens (including phenoxy) is 1. The number of fused-ring (bicyclic) bond motifs is 3. The standard InChI is InChI=1S/C22H26N2O2/c1-14(2)16-6-4-15(5-7-16)12-20(25)26-17-8-9-19-18(13-17)22(3)10-11-23-21(22)24-19/h4-9,13-14,21,23-24H,10-12H2,1-3H3/t21?,22-/m0/s1. The molecule has 0 amide bonds. The highest BCUT2D eigenvalue weighted by Gasteiger charge is 2.46. The average Bonchev–Trinajstić information content (AvgIpc) is 3.09. The largest absolute Gasteiger partial charge is 0.426 e. The van der Waals surface area contributed by atoms with Crippen LogP contribution in [0.2, 0.25) is 0 Å². The molecule has 136 valence electrons. The van der Waals surface area contributed by atoms with Gasteiger partial charge in [0.15, 0.2) is 0 Å². The van der Waals surface area contributed by atoms with Gasteiger partial charge < -0.3 is 10.1 Å². The van der Waals surface area contributed by atoms with E-state index in [2.05, 4.69) is 43.5 Å². The summed E-state index contributed by atoms with van der Waals surface area (Å²) < 4.78 is 5.63. The van der Waals surface area contributed by atoms with Gasteiger partial charge in [-0.05, 0) is 53.8 Å².